The average molecular weight is 444 g/mol. The standard InChI is InChI=1S/C26H25N3O4/c1-33-21-4-2-3-20(13-21)17-5-7-18(8-6-17)25-22-14-28(15-24(31)29(22)23(25)16-30)26(32)19-9-11-27-12-10-19/h2-13,22-23,25,30H,14-16H2,1H3/t22-,23+,25-/m1/s1. The van der Waals surface area contributed by atoms with Gasteiger partial charge in [0, 0.05) is 30.4 Å². The van der Waals surface area contributed by atoms with E-state index in [1.54, 1.807) is 41.4 Å². The topological polar surface area (TPSA) is 83.0 Å². The molecule has 2 saturated heterocycles. The van der Waals surface area contributed by atoms with Crippen LogP contribution in [0.3, 0.4) is 0 Å². The van der Waals surface area contributed by atoms with Crippen molar-refractivity contribution in [2.45, 2.75) is 18.0 Å². The molecule has 3 atom stereocenters. The molecule has 7 heteroatoms. The molecule has 0 aliphatic carbocycles. The van der Waals surface area contributed by atoms with E-state index in [4.69, 9.17) is 4.74 Å². The van der Waals surface area contributed by atoms with Gasteiger partial charge in [0.1, 0.15) is 12.3 Å². The zero-order chi connectivity index (χ0) is 22.9. The summed E-state index contributed by atoms with van der Waals surface area (Å²) in [5.74, 6) is 0.458. The van der Waals surface area contributed by atoms with Crippen molar-refractivity contribution in [3.8, 4) is 16.9 Å². The molecule has 7 nitrogen and oxygen atoms in total. The van der Waals surface area contributed by atoms with Crippen LogP contribution in [-0.4, -0.2) is 70.6 Å². The van der Waals surface area contributed by atoms with Crippen molar-refractivity contribution in [3.63, 3.8) is 0 Å². The molecule has 0 spiro atoms. The fraction of sp³-hybridized carbons (Fsp3) is 0.269. The van der Waals surface area contributed by atoms with Crippen molar-refractivity contribution >= 4 is 11.8 Å². The van der Waals surface area contributed by atoms with E-state index in [2.05, 4.69) is 4.98 Å². The number of aliphatic hydroxyl groups excluding tert-OH is 1. The van der Waals surface area contributed by atoms with E-state index in [1.165, 1.54) is 0 Å². The molecular formula is C26H25N3O4. The lowest BCUT2D eigenvalue weighted by Crippen LogP contribution is -2.73. The van der Waals surface area contributed by atoms with Gasteiger partial charge in [-0.15, -0.1) is 0 Å². The summed E-state index contributed by atoms with van der Waals surface area (Å²) in [4.78, 5) is 33.1. The lowest BCUT2D eigenvalue weighted by atomic mass is 9.73. The maximum Gasteiger partial charge on any atom is 0.254 e. The first-order valence-electron chi connectivity index (χ1n) is 11.0. The van der Waals surface area contributed by atoms with Crippen molar-refractivity contribution in [1.82, 2.24) is 14.8 Å². The van der Waals surface area contributed by atoms with Crippen molar-refractivity contribution in [3.05, 3.63) is 84.2 Å². The molecule has 1 aromatic heterocycles. The van der Waals surface area contributed by atoms with Crippen molar-refractivity contribution < 1.29 is 19.4 Å². The van der Waals surface area contributed by atoms with Crippen LogP contribution in [0.15, 0.2) is 73.1 Å². The van der Waals surface area contributed by atoms with Crippen LogP contribution in [0, 0.1) is 0 Å². The predicted molar refractivity (Wildman–Crippen MR) is 123 cm³/mol. The zero-order valence-corrected chi connectivity index (χ0v) is 18.3. The number of carbonyl (C=O) groups is 2. The smallest absolute Gasteiger partial charge is 0.254 e. The second-order valence-corrected chi connectivity index (χ2v) is 8.42. The molecule has 2 aliphatic heterocycles. The normalized spacial score (nSPS) is 21.9. The molecule has 0 unspecified atom stereocenters. The first-order valence-corrected chi connectivity index (χ1v) is 11.0. The number of rotatable bonds is 5. The Kier molecular flexibility index (Phi) is 5.56. The quantitative estimate of drug-likeness (QED) is 0.655. The Balaban J connectivity index is 1.38. The third-order valence-corrected chi connectivity index (χ3v) is 6.67. The lowest BCUT2D eigenvalue weighted by Gasteiger charge is -2.58. The summed E-state index contributed by atoms with van der Waals surface area (Å²) >= 11 is 0. The van der Waals surface area contributed by atoms with Crippen LogP contribution in [0.4, 0.5) is 0 Å². The number of carbonyl (C=O) groups excluding carboxylic acids is 2. The molecular weight excluding hydrogens is 418 g/mol. The molecule has 2 aliphatic rings. The minimum Gasteiger partial charge on any atom is -0.497 e. The summed E-state index contributed by atoms with van der Waals surface area (Å²) in [6.45, 7) is 0.351. The van der Waals surface area contributed by atoms with Gasteiger partial charge in [-0.2, -0.15) is 0 Å². The summed E-state index contributed by atoms with van der Waals surface area (Å²) < 4.78 is 5.32. The average Bonchev–Trinajstić information content (AvgIpc) is 2.85. The number of piperazine rings is 1. The number of pyridine rings is 1. The van der Waals surface area contributed by atoms with Crippen molar-refractivity contribution in [2.75, 3.05) is 26.8 Å². The number of benzene rings is 2. The van der Waals surface area contributed by atoms with Gasteiger partial charge in [-0.25, -0.2) is 0 Å². The van der Waals surface area contributed by atoms with Gasteiger partial charge >= 0.3 is 0 Å². The molecule has 3 heterocycles. The number of amides is 2. The monoisotopic (exact) mass is 443 g/mol. The first kappa shape index (κ1) is 21.2. The maximum absolute atomic E-state index is 12.9. The van der Waals surface area contributed by atoms with Gasteiger partial charge in [0.05, 0.1) is 25.8 Å². The number of ether oxygens (including phenoxy) is 1. The second kappa shape index (κ2) is 8.67. The van der Waals surface area contributed by atoms with E-state index in [0.717, 1.165) is 22.4 Å². The molecule has 0 bridgehead atoms. The number of nitrogens with zero attached hydrogens (tertiary/aromatic N) is 3. The number of aromatic nitrogens is 1. The van der Waals surface area contributed by atoms with E-state index in [1.807, 2.05) is 48.5 Å². The van der Waals surface area contributed by atoms with Gasteiger partial charge in [-0.1, -0.05) is 36.4 Å². The number of methoxy groups -OCH3 is 1. The Hall–Kier alpha value is -3.71. The highest BCUT2D eigenvalue weighted by Crippen LogP contribution is 2.43. The van der Waals surface area contributed by atoms with Crippen LogP contribution in [0.5, 0.6) is 5.75 Å². The summed E-state index contributed by atoms with van der Waals surface area (Å²) in [6.07, 6.45) is 3.15. The minimum atomic E-state index is -0.275. The molecule has 2 aromatic carbocycles. The fourth-order valence-corrected chi connectivity index (χ4v) is 5.03. The molecule has 5 rings (SSSR count). The maximum atomic E-state index is 12.9. The van der Waals surface area contributed by atoms with Crippen LogP contribution < -0.4 is 4.74 Å². The van der Waals surface area contributed by atoms with Gasteiger partial charge in [0.2, 0.25) is 5.91 Å². The predicted octanol–water partition coefficient (Wildman–Crippen LogP) is 2.57. The Morgan fingerprint density at radius 2 is 1.85 bits per heavy atom. The Morgan fingerprint density at radius 1 is 1.09 bits per heavy atom. The summed E-state index contributed by atoms with van der Waals surface area (Å²) in [6, 6.07) is 19.0. The van der Waals surface area contributed by atoms with E-state index in [-0.39, 0.29) is 43.0 Å². The molecule has 2 fully saturated rings. The molecule has 168 valence electrons. The summed E-state index contributed by atoms with van der Waals surface area (Å²) in [5, 5.41) is 10.0. The number of aliphatic hydroxyl groups is 1. The minimum absolute atomic E-state index is 0.0235. The molecule has 1 N–H and O–H groups in total. The van der Waals surface area contributed by atoms with E-state index >= 15 is 0 Å². The van der Waals surface area contributed by atoms with Gasteiger partial charge < -0.3 is 19.6 Å². The van der Waals surface area contributed by atoms with Crippen molar-refractivity contribution in [1.29, 1.82) is 0 Å². The molecule has 0 saturated carbocycles. The molecule has 2 amide bonds. The van der Waals surface area contributed by atoms with E-state index in [9.17, 15) is 14.7 Å². The highest BCUT2D eigenvalue weighted by atomic mass is 16.5. The number of hydrogen-bond donors (Lipinski definition) is 1. The van der Waals surface area contributed by atoms with Crippen LogP contribution in [0.1, 0.15) is 21.8 Å². The molecule has 33 heavy (non-hydrogen) atoms. The first-order chi connectivity index (χ1) is 16.1. The van der Waals surface area contributed by atoms with Crippen LogP contribution in [0.25, 0.3) is 11.1 Å². The zero-order valence-electron chi connectivity index (χ0n) is 18.3. The molecule has 0 radical (unpaired) electrons. The third kappa shape index (κ3) is 3.74. The van der Waals surface area contributed by atoms with Crippen LogP contribution in [-0.2, 0) is 4.79 Å². The largest absolute Gasteiger partial charge is 0.497 e. The lowest BCUT2D eigenvalue weighted by molar-refractivity contribution is -0.159. The number of fused-ring (bicyclic) bond motifs is 1. The van der Waals surface area contributed by atoms with E-state index < -0.39 is 0 Å². The highest BCUT2D eigenvalue weighted by Gasteiger charge is 2.54. The summed E-state index contributed by atoms with van der Waals surface area (Å²) in [5.41, 5.74) is 3.68. The van der Waals surface area contributed by atoms with Gasteiger partial charge in [0.15, 0.2) is 0 Å². The van der Waals surface area contributed by atoms with Crippen LogP contribution in [0.2, 0.25) is 0 Å². The molecule has 3 aromatic rings. The third-order valence-electron chi connectivity index (χ3n) is 6.67. The highest BCUT2D eigenvalue weighted by molar-refractivity contribution is 5.97. The Bertz CT molecular complexity index is 1170. The SMILES string of the molecule is COc1cccc(-c2ccc([C@@H]3[C@H]4CN(C(=O)c5ccncc5)CC(=O)N4[C@H]3CO)cc2)c1. The van der Waals surface area contributed by atoms with E-state index in [0.29, 0.717) is 12.1 Å². The Morgan fingerprint density at radius 3 is 2.55 bits per heavy atom. The Labute approximate surface area is 192 Å². The van der Waals surface area contributed by atoms with Gasteiger partial charge in [-0.3, -0.25) is 14.6 Å². The second-order valence-electron chi connectivity index (χ2n) is 8.42. The van der Waals surface area contributed by atoms with Crippen LogP contribution >= 0.6 is 0 Å². The number of hydrogen-bond acceptors (Lipinski definition) is 5. The van der Waals surface area contributed by atoms with Gasteiger partial charge in [0.25, 0.3) is 5.91 Å². The van der Waals surface area contributed by atoms with Gasteiger partial charge in [-0.05, 0) is 41.0 Å². The fourth-order valence-electron chi connectivity index (χ4n) is 5.03. The summed E-state index contributed by atoms with van der Waals surface area (Å²) in [7, 11) is 1.65. The van der Waals surface area contributed by atoms with Crippen molar-refractivity contribution in [2.24, 2.45) is 0 Å².